The van der Waals surface area contributed by atoms with Crippen molar-refractivity contribution in [2.45, 2.75) is 4.21 Å². The van der Waals surface area contributed by atoms with Crippen molar-refractivity contribution in [3.8, 4) is 0 Å². The van der Waals surface area contributed by atoms with E-state index in [1.165, 1.54) is 12.1 Å². The number of rotatable bonds is 2. The van der Waals surface area contributed by atoms with Crippen LogP contribution in [0, 0.1) is 0 Å². The van der Waals surface area contributed by atoms with Crippen molar-refractivity contribution in [3.05, 3.63) is 16.5 Å². The van der Waals surface area contributed by atoms with Gasteiger partial charge in [0, 0.05) is 0 Å². The summed E-state index contributed by atoms with van der Waals surface area (Å²) in [7, 11) is -2.43. The van der Waals surface area contributed by atoms with Gasteiger partial charge in [-0.05, 0) is 12.1 Å². The molecule has 0 saturated heterocycles. The molecule has 0 unspecified atom stereocenters. The molecule has 1 rings (SSSR count). The van der Waals surface area contributed by atoms with Gasteiger partial charge in [-0.1, -0.05) is 11.6 Å². The van der Waals surface area contributed by atoms with E-state index in [0.29, 0.717) is 4.34 Å². The normalized spacial score (nSPS) is 11.8. The van der Waals surface area contributed by atoms with Crippen molar-refractivity contribution in [1.29, 1.82) is 0 Å². The summed E-state index contributed by atoms with van der Waals surface area (Å²) in [6.07, 6.45) is 0. The molecule has 0 saturated carbocycles. The first-order valence-electron chi connectivity index (χ1n) is 2.62. The maximum Gasteiger partial charge on any atom is 0.306 e. The van der Waals surface area contributed by atoms with Crippen LogP contribution in [0.3, 0.4) is 0 Å². The predicted octanol–water partition coefficient (Wildman–Crippen LogP) is 1.74. The van der Waals surface area contributed by atoms with Crippen LogP contribution in [0.25, 0.3) is 0 Å². The standard InChI is InChI=1S/C5H5ClO3S2/c1-9-11(7,8)5-3-2-4(6)10-5/h2-3H,1H3. The second kappa shape index (κ2) is 3.10. The molecule has 11 heavy (non-hydrogen) atoms. The van der Waals surface area contributed by atoms with Crippen LogP contribution >= 0.6 is 22.9 Å². The van der Waals surface area contributed by atoms with E-state index >= 15 is 0 Å². The Hall–Kier alpha value is -0.100. The second-order valence-electron chi connectivity index (χ2n) is 1.68. The van der Waals surface area contributed by atoms with Gasteiger partial charge in [0.2, 0.25) is 0 Å². The SMILES string of the molecule is COS(=O)(=O)c1ccc(Cl)s1. The molecule has 0 fully saturated rings. The Balaban J connectivity index is 3.13. The summed E-state index contributed by atoms with van der Waals surface area (Å²) in [5, 5.41) is 0. The molecular weight excluding hydrogens is 208 g/mol. The lowest BCUT2D eigenvalue weighted by molar-refractivity contribution is 0.399. The molecule has 0 atom stereocenters. The van der Waals surface area contributed by atoms with Gasteiger partial charge in [0.05, 0.1) is 11.4 Å². The minimum atomic E-state index is -3.54. The van der Waals surface area contributed by atoms with E-state index in [9.17, 15) is 8.42 Å². The van der Waals surface area contributed by atoms with Crippen LogP contribution < -0.4 is 0 Å². The van der Waals surface area contributed by atoms with Gasteiger partial charge in [0.15, 0.2) is 0 Å². The second-order valence-corrected chi connectivity index (χ2v) is 5.33. The van der Waals surface area contributed by atoms with Crippen LogP contribution in [0.5, 0.6) is 0 Å². The molecule has 0 aliphatic carbocycles. The molecule has 1 aromatic rings. The highest BCUT2D eigenvalue weighted by molar-refractivity contribution is 7.89. The fraction of sp³-hybridized carbons (Fsp3) is 0.200. The molecule has 0 bridgehead atoms. The van der Waals surface area contributed by atoms with Gasteiger partial charge < -0.3 is 0 Å². The zero-order chi connectivity index (χ0) is 8.48. The van der Waals surface area contributed by atoms with E-state index in [2.05, 4.69) is 4.18 Å². The molecule has 0 aliphatic rings. The molecule has 0 aromatic carbocycles. The number of hydrogen-bond acceptors (Lipinski definition) is 4. The van der Waals surface area contributed by atoms with Crippen LogP contribution in [0.4, 0.5) is 0 Å². The minimum absolute atomic E-state index is 0.130. The molecule has 1 heterocycles. The Morgan fingerprint density at radius 1 is 1.55 bits per heavy atom. The van der Waals surface area contributed by atoms with E-state index in [0.717, 1.165) is 18.4 Å². The Morgan fingerprint density at radius 2 is 2.18 bits per heavy atom. The third-order valence-electron chi connectivity index (χ3n) is 1.01. The van der Waals surface area contributed by atoms with Gasteiger partial charge in [0.25, 0.3) is 0 Å². The van der Waals surface area contributed by atoms with Gasteiger partial charge >= 0.3 is 10.1 Å². The lowest BCUT2D eigenvalue weighted by Crippen LogP contribution is -1.99. The van der Waals surface area contributed by atoms with Crippen molar-refractivity contribution in [3.63, 3.8) is 0 Å². The highest BCUT2D eigenvalue weighted by Gasteiger charge is 2.14. The molecule has 0 amide bonds. The summed E-state index contributed by atoms with van der Waals surface area (Å²) < 4.78 is 26.7. The molecule has 1 aromatic heterocycles. The van der Waals surface area contributed by atoms with Gasteiger partial charge in [0.1, 0.15) is 4.21 Å². The lowest BCUT2D eigenvalue weighted by atomic mass is 10.7. The highest BCUT2D eigenvalue weighted by atomic mass is 35.5. The Morgan fingerprint density at radius 3 is 2.55 bits per heavy atom. The van der Waals surface area contributed by atoms with Crippen LogP contribution in [-0.4, -0.2) is 15.5 Å². The van der Waals surface area contributed by atoms with Gasteiger partial charge in [-0.15, -0.1) is 11.3 Å². The fourth-order valence-corrected chi connectivity index (χ4v) is 2.71. The van der Waals surface area contributed by atoms with E-state index in [4.69, 9.17) is 11.6 Å². The zero-order valence-corrected chi connectivity index (χ0v) is 7.96. The maximum absolute atomic E-state index is 10.9. The van der Waals surface area contributed by atoms with Gasteiger partial charge in [-0.25, -0.2) is 0 Å². The summed E-state index contributed by atoms with van der Waals surface area (Å²) in [4.78, 5) is 0. The average Bonchev–Trinajstić information content (AvgIpc) is 2.36. The molecule has 3 nitrogen and oxygen atoms in total. The first-order chi connectivity index (χ1) is 5.06. The van der Waals surface area contributed by atoms with Gasteiger partial charge in [-0.2, -0.15) is 8.42 Å². The van der Waals surface area contributed by atoms with Crippen molar-refractivity contribution in [2.24, 2.45) is 0 Å². The highest BCUT2D eigenvalue weighted by Crippen LogP contribution is 2.26. The smallest absolute Gasteiger partial charge is 0.269 e. The average molecular weight is 213 g/mol. The fourth-order valence-electron chi connectivity index (χ4n) is 0.514. The van der Waals surface area contributed by atoms with Crippen LogP contribution in [-0.2, 0) is 14.3 Å². The molecule has 0 radical (unpaired) electrons. The Bertz CT molecular complexity index is 340. The first-order valence-corrected chi connectivity index (χ1v) is 5.22. The predicted molar refractivity (Wildman–Crippen MR) is 43.5 cm³/mol. The molecular formula is C5H5ClO3S2. The van der Waals surface area contributed by atoms with Crippen LogP contribution in [0.1, 0.15) is 0 Å². The van der Waals surface area contributed by atoms with Gasteiger partial charge in [-0.3, -0.25) is 4.18 Å². The molecule has 62 valence electrons. The molecule has 0 spiro atoms. The summed E-state index contributed by atoms with van der Waals surface area (Å²) in [6, 6.07) is 2.92. The number of halogens is 1. The third-order valence-corrected chi connectivity index (χ3v) is 3.97. The quantitative estimate of drug-likeness (QED) is 0.702. The Kier molecular flexibility index (Phi) is 2.54. The van der Waals surface area contributed by atoms with Crippen molar-refractivity contribution < 1.29 is 12.6 Å². The Labute approximate surface area is 73.7 Å². The molecule has 0 N–H and O–H groups in total. The van der Waals surface area contributed by atoms with E-state index in [1.54, 1.807) is 0 Å². The third kappa shape index (κ3) is 1.93. The van der Waals surface area contributed by atoms with E-state index in [-0.39, 0.29) is 4.21 Å². The summed E-state index contributed by atoms with van der Waals surface area (Å²) in [6.45, 7) is 0. The lowest BCUT2D eigenvalue weighted by Gasteiger charge is -1.93. The maximum atomic E-state index is 10.9. The first kappa shape index (κ1) is 8.99. The summed E-state index contributed by atoms with van der Waals surface area (Å²) in [5.41, 5.74) is 0. The minimum Gasteiger partial charge on any atom is -0.269 e. The van der Waals surface area contributed by atoms with Crippen LogP contribution in [0.2, 0.25) is 4.34 Å². The van der Waals surface area contributed by atoms with Crippen LogP contribution in [0.15, 0.2) is 16.3 Å². The largest absolute Gasteiger partial charge is 0.306 e. The van der Waals surface area contributed by atoms with Crippen molar-refractivity contribution in [1.82, 2.24) is 0 Å². The topological polar surface area (TPSA) is 43.4 Å². The number of thiophene rings is 1. The van der Waals surface area contributed by atoms with Crippen molar-refractivity contribution in [2.75, 3.05) is 7.11 Å². The zero-order valence-electron chi connectivity index (χ0n) is 5.57. The molecule has 0 aliphatic heterocycles. The van der Waals surface area contributed by atoms with Crippen molar-refractivity contribution >= 4 is 33.1 Å². The number of hydrogen-bond donors (Lipinski definition) is 0. The van der Waals surface area contributed by atoms with E-state index < -0.39 is 10.1 Å². The van der Waals surface area contributed by atoms with E-state index in [1.807, 2.05) is 0 Å². The monoisotopic (exact) mass is 212 g/mol. The summed E-state index contributed by atoms with van der Waals surface area (Å²) in [5.74, 6) is 0. The summed E-state index contributed by atoms with van der Waals surface area (Å²) >= 11 is 6.49. The molecule has 6 heteroatoms.